The van der Waals surface area contributed by atoms with Crippen molar-refractivity contribution >= 4 is 88.5 Å². The summed E-state index contributed by atoms with van der Waals surface area (Å²) in [4.78, 5) is 10.9. The van der Waals surface area contributed by atoms with E-state index < -0.39 is 0 Å². The molecule has 0 radical (unpaired) electrons. The molecule has 12 rings (SSSR count). The number of hydrogen-bond acceptors (Lipinski definition) is 3. The van der Waals surface area contributed by atoms with E-state index >= 15 is 0 Å². The van der Waals surface area contributed by atoms with Gasteiger partial charge in [0.15, 0.2) is 0 Å². The summed E-state index contributed by atoms with van der Waals surface area (Å²) in [5.41, 5.74) is 11.8. The predicted molar refractivity (Wildman–Crippen MR) is 264 cm³/mol. The van der Waals surface area contributed by atoms with Crippen LogP contribution in [0.15, 0.2) is 194 Å². The highest BCUT2D eigenvalue weighted by molar-refractivity contribution is 7.18. The Morgan fingerprint density at radius 2 is 1.02 bits per heavy atom. The van der Waals surface area contributed by atoms with Crippen LogP contribution < -0.4 is 9.75 Å². The average molecular weight is 811 g/mol. The minimum atomic E-state index is 0.627. The first-order valence-corrected chi connectivity index (χ1v) is 21.8. The van der Waals surface area contributed by atoms with E-state index in [0.29, 0.717) is 5.95 Å². The van der Waals surface area contributed by atoms with Crippen molar-refractivity contribution in [3.05, 3.63) is 204 Å². The summed E-state index contributed by atoms with van der Waals surface area (Å²) >= 11 is 1.75. The Balaban J connectivity index is 1.19. The van der Waals surface area contributed by atoms with Crippen molar-refractivity contribution in [2.45, 2.75) is 6.92 Å². The highest BCUT2D eigenvalue weighted by Gasteiger charge is 2.24. The molecule has 0 atom stereocenters. The molecule has 4 heterocycles. The lowest BCUT2D eigenvalue weighted by atomic mass is 9.97. The second kappa shape index (κ2) is 14.4. The molecule has 0 aliphatic carbocycles. The van der Waals surface area contributed by atoms with Gasteiger partial charge in [-0.25, -0.2) is 9.97 Å². The molecular weight excluding hydrogens is 773 g/mol. The Labute approximate surface area is 361 Å². The fourth-order valence-corrected chi connectivity index (χ4v) is 10.6. The number of allylic oxidation sites excluding steroid dienone is 2. The molecule has 62 heavy (non-hydrogen) atoms. The third-order valence-corrected chi connectivity index (χ3v) is 13.3. The fraction of sp³-hybridized carbons (Fsp3) is 0.0175. The van der Waals surface area contributed by atoms with Gasteiger partial charge in [-0.05, 0) is 77.4 Å². The summed E-state index contributed by atoms with van der Waals surface area (Å²) < 4.78 is 6.88. The van der Waals surface area contributed by atoms with Crippen LogP contribution in [-0.2, 0) is 0 Å². The van der Waals surface area contributed by atoms with Crippen LogP contribution in [0, 0.1) is 0 Å². The molecule has 12 aromatic rings. The summed E-state index contributed by atoms with van der Waals surface area (Å²) in [5.74, 6) is 0.627. The zero-order valence-electron chi connectivity index (χ0n) is 34.0. The van der Waals surface area contributed by atoms with Crippen LogP contribution in [0.4, 0.5) is 0 Å². The number of rotatable bonds is 6. The van der Waals surface area contributed by atoms with Crippen molar-refractivity contribution in [3.8, 4) is 45.3 Å². The Morgan fingerprint density at radius 3 is 1.66 bits per heavy atom. The molecule has 292 valence electrons. The normalized spacial score (nSPS) is 12.4. The molecule has 5 heteroatoms. The summed E-state index contributed by atoms with van der Waals surface area (Å²) in [6, 6.07) is 65.0. The van der Waals surface area contributed by atoms with Crippen LogP contribution in [-0.4, -0.2) is 19.1 Å². The van der Waals surface area contributed by atoms with E-state index in [0.717, 1.165) is 65.5 Å². The standard InChI is InChI=1S/C57H38N4S/c1-3-4-24-42-36(2)62-56-54(42)45-27-15-14-26-44(45)53-47-34-40(39-29-31-51-46(33-39)43-25-16-17-28-50(43)60(51)41-22-12-7-13-23-41)30-32-52(47)61(55(53)56)57-58-48(37-18-8-5-9-19-37)35-49(59-57)38-20-10-6-11-21-38/h3-35H,2H2,1H3/b4-3-,42-24+. The van der Waals surface area contributed by atoms with Gasteiger partial charge in [0.25, 0.3) is 0 Å². The summed E-state index contributed by atoms with van der Waals surface area (Å²) in [6.45, 7) is 6.68. The van der Waals surface area contributed by atoms with Crippen molar-refractivity contribution < 1.29 is 0 Å². The van der Waals surface area contributed by atoms with Gasteiger partial charge in [0.05, 0.1) is 38.2 Å². The number of nitrogens with zero attached hydrogens (tertiary/aromatic N) is 4. The number of para-hydroxylation sites is 2. The van der Waals surface area contributed by atoms with Crippen molar-refractivity contribution in [2.75, 3.05) is 0 Å². The van der Waals surface area contributed by atoms with E-state index in [-0.39, 0.29) is 0 Å². The molecule has 0 spiro atoms. The van der Waals surface area contributed by atoms with Crippen LogP contribution in [0.5, 0.6) is 0 Å². The minimum absolute atomic E-state index is 0.627. The molecule has 4 aromatic heterocycles. The second-order valence-electron chi connectivity index (χ2n) is 15.8. The maximum Gasteiger partial charge on any atom is 0.235 e. The Hall–Kier alpha value is -7.86. The van der Waals surface area contributed by atoms with Crippen LogP contribution in [0.3, 0.4) is 0 Å². The number of hydrogen-bond donors (Lipinski definition) is 0. The Bertz CT molecular complexity index is 3820. The van der Waals surface area contributed by atoms with E-state index in [4.69, 9.17) is 9.97 Å². The van der Waals surface area contributed by atoms with Crippen LogP contribution in [0.25, 0.3) is 122 Å². The van der Waals surface area contributed by atoms with E-state index in [2.05, 4.69) is 211 Å². The largest absolute Gasteiger partial charge is 0.309 e. The van der Waals surface area contributed by atoms with Gasteiger partial charge in [-0.15, -0.1) is 11.3 Å². The smallest absolute Gasteiger partial charge is 0.235 e. The first-order chi connectivity index (χ1) is 30.6. The van der Waals surface area contributed by atoms with E-state index in [1.807, 2.05) is 12.1 Å². The zero-order valence-corrected chi connectivity index (χ0v) is 34.8. The molecule has 0 fully saturated rings. The predicted octanol–water partition coefficient (Wildman–Crippen LogP) is 13.8. The molecule has 0 saturated heterocycles. The molecule has 0 unspecified atom stereocenters. The van der Waals surface area contributed by atoms with Crippen LogP contribution in [0.2, 0.25) is 0 Å². The molecule has 0 saturated carbocycles. The molecule has 0 aliphatic rings. The monoisotopic (exact) mass is 810 g/mol. The summed E-state index contributed by atoms with van der Waals surface area (Å²) in [7, 11) is 0. The SMILES string of the molecule is C=c1sc2c(/c1=C/C=C\C)c1ccccc1c1c3cc(-c4ccc5c(c4)c4ccccc4n5-c4ccccc4)ccc3n(-c3nc(-c4ccccc4)cc(-c4ccccc4)n3)c21. The van der Waals surface area contributed by atoms with E-state index in [1.54, 1.807) is 11.3 Å². The van der Waals surface area contributed by atoms with Crippen LogP contribution >= 0.6 is 11.3 Å². The van der Waals surface area contributed by atoms with Gasteiger partial charge in [0.1, 0.15) is 0 Å². The lowest BCUT2D eigenvalue weighted by Crippen LogP contribution is -2.16. The van der Waals surface area contributed by atoms with Crippen LogP contribution in [0.1, 0.15) is 6.92 Å². The van der Waals surface area contributed by atoms with Gasteiger partial charge in [-0.2, -0.15) is 0 Å². The van der Waals surface area contributed by atoms with Crippen molar-refractivity contribution in [2.24, 2.45) is 0 Å². The van der Waals surface area contributed by atoms with Crippen molar-refractivity contribution in [3.63, 3.8) is 0 Å². The number of benzene rings is 8. The van der Waals surface area contributed by atoms with Crippen molar-refractivity contribution in [1.29, 1.82) is 0 Å². The first-order valence-electron chi connectivity index (χ1n) is 21.0. The minimum Gasteiger partial charge on any atom is -0.309 e. The summed E-state index contributed by atoms with van der Waals surface area (Å²) in [6.07, 6.45) is 6.39. The van der Waals surface area contributed by atoms with Gasteiger partial charge in [-0.3, -0.25) is 4.57 Å². The fourth-order valence-electron chi connectivity index (χ4n) is 9.43. The first kappa shape index (κ1) is 36.0. The molecule has 0 amide bonds. The number of fused-ring (bicyclic) bond motifs is 11. The highest BCUT2D eigenvalue weighted by atomic mass is 32.1. The lowest BCUT2D eigenvalue weighted by molar-refractivity contribution is 0.998. The quantitative estimate of drug-likeness (QED) is 0.168. The topological polar surface area (TPSA) is 35.6 Å². The molecule has 0 aliphatic heterocycles. The zero-order chi connectivity index (χ0) is 41.3. The van der Waals surface area contributed by atoms with Gasteiger partial charge in [-0.1, -0.05) is 158 Å². The molecule has 4 nitrogen and oxygen atoms in total. The van der Waals surface area contributed by atoms with Gasteiger partial charge in [0, 0.05) is 53.5 Å². The molecule has 0 bridgehead atoms. The maximum absolute atomic E-state index is 5.43. The van der Waals surface area contributed by atoms with Crippen molar-refractivity contribution in [1.82, 2.24) is 19.1 Å². The molecule has 0 N–H and O–H groups in total. The van der Waals surface area contributed by atoms with E-state index in [9.17, 15) is 0 Å². The third-order valence-electron chi connectivity index (χ3n) is 12.2. The highest BCUT2D eigenvalue weighted by Crippen LogP contribution is 2.44. The Kier molecular flexibility index (Phi) is 8.37. The average Bonchev–Trinajstić information content (AvgIpc) is 3.98. The lowest BCUT2D eigenvalue weighted by Gasteiger charge is -2.13. The second-order valence-corrected chi connectivity index (χ2v) is 16.9. The number of aromatic nitrogens is 4. The Morgan fingerprint density at radius 1 is 0.484 bits per heavy atom. The van der Waals surface area contributed by atoms with Gasteiger partial charge >= 0.3 is 0 Å². The number of thiophene rings is 1. The summed E-state index contributed by atoms with van der Waals surface area (Å²) in [5, 5.41) is 9.53. The molecule has 8 aromatic carbocycles. The van der Waals surface area contributed by atoms with Gasteiger partial charge < -0.3 is 4.57 Å². The maximum atomic E-state index is 5.43. The third kappa shape index (κ3) is 5.59. The van der Waals surface area contributed by atoms with Gasteiger partial charge in [0.2, 0.25) is 5.95 Å². The van der Waals surface area contributed by atoms with E-state index in [1.165, 1.54) is 48.1 Å². The molecular formula is C57H38N4S.